The lowest BCUT2D eigenvalue weighted by Crippen LogP contribution is -2.26. The van der Waals surface area contributed by atoms with Gasteiger partial charge in [-0.25, -0.2) is 13.8 Å². The zero-order chi connectivity index (χ0) is 22.1. The second-order valence-corrected chi connectivity index (χ2v) is 7.09. The fourth-order valence-corrected chi connectivity index (χ4v) is 3.51. The van der Waals surface area contributed by atoms with Gasteiger partial charge in [0.25, 0.3) is 5.56 Å². The highest BCUT2D eigenvalue weighted by atomic mass is 35.5. The molecule has 4 aromatic rings. The molecule has 0 radical (unpaired) electrons. The number of aromatic nitrogens is 2. The number of ketones is 1. The van der Waals surface area contributed by atoms with Gasteiger partial charge >= 0.3 is 0 Å². The smallest absolute Gasteiger partial charge is 0.266 e. The van der Waals surface area contributed by atoms with Crippen molar-refractivity contribution in [3.63, 3.8) is 0 Å². The van der Waals surface area contributed by atoms with E-state index in [0.717, 1.165) is 28.8 Å². The van der Waals surface area contributed by atoms with Gasteiger partial charge in [0.2, 0.25) is 0 Å². The number of Topliss-reactive ketones (excluding diaryl/α,β-unsaturated/α-hetero) is 1. The van der Waals surface area contributed by atoms with Gasteiger partial charge < -0.3 is 0 Å². The second-order valence-electron chi connectivity index (χ2n) is 6.68. The molecule has 1 heterocycles. The molecule has 3 aromatic carbocycles. The summed E-state index contributed by atoms with van der Waals surface area (Å²) in [6, 6.07) is 15.1. The average molecular weight is 436 g/mol. The Bertz CT molecular complexity index is 1460. The summed E-state index contributed by atoms with van der Waals surface area (Å²) in [5.41, 5.74) is -0.282. The summed E-state index contributed by atoms with van der Waals surface area (Å²) in [6.45, 7) is 0. The molecule has 0 saturated carbocycles. The summed E-state index contributed by atoms with van der Waals surface area (Å²) >= 11 is 6.27. The van der Waals surface area contributed by atoms with Gasteiger partial charge in [0.15, 0.2) is 5.78 Å². The van der Waals surface area contributed by atoms with Crippen molar-refractivity contribution < 1.29 is 13.6 Å². The molecule has 0 fully saturated rings. The number of nitriles is 1. The fraction of sp³-hybridized carbons (Fsp3) is 0.0435. The number of halogens is 3. The summed E-state index contributed by atoms with van der Waals surface area (Å²) in [5.74, 6) is -1.87. The van der Waals surface area contributed by atoms with Crippen LogP contribution in [0.15, 0.2) is 65.5 Å². The summed E-state index contributed by atoms with van der Waals surface area (Å²) in [5, 5.41) is 9.49. The fourth-order valence-electron chi connectivity index (χ4n) is 3.29. The van der Waals surface area contributed by atoms with E-state index in [2.05, 4.69) is 4.98 Å². The van der Waals surface area contributed by atoms with Crippen LogP contribution >= 0.6 is 11.6 Å². The van der Waals surface area contributed by atoms with Crippen molar-refractivity contribution in [3.8, 4) is 11.8 Å². The third-order valence-corrected chi connectivity index (χ3v) is 5.03. The number of hydrogen-bond acceptors (Lipinski definition) is 4. The molecule has 5 nitrogen and oxygen atoms in total. The second kappa shape index (κ2) is 8.09. The van der Waals surface area contributed by atoms with Crippen LogP contribution in [0.4, 0.5) is 8.78 Å². The molecule has 0 amide bonds. The first kappa shape index (κ1) is 20.4. The van der Waals surface area contributed by atoms with Gasteiger partial charge in [-0.3, -0.25) is 14.2 Å². The Morgan fingerprint density at radius 2 is 1.77 bits per heavy atom. The van der Waals surface area contributed by atoms with E-state index in [1.807, 2.05) is 6.07 Å². The Labute approximate surface area is 179 Å². The molecule has 0 unspecified atom stereocenters. The van der Waals surface area contributed by atoms with Crippen molar-refractivity contribution in [2.24, 2.45) is 0 Å². The van der Waals surface area contributed by atoms with Crippen molar-refractivity contribution in [1.82, 2.24) is 9.55 Å². The number of para-hydroxylation sites is 1. The minimum atomic E-state index is -0.673. The van der Waals surface area contributed by atoms with E-state index in [4.69, 9.17) is 11.6 Å². The SMILES string of the molecule is N#Cc1ccc(F)cc1C(=O)Cc1nc2ccc(F)cc2c(=O)n1-c1ccccc1Cl. The van der Waals surface area contributed by atoms with Crippen LogP contribution in [-0.4, -0.2) is 15.3 Å². The molecular weight excluding hydrogens is 424 g/mol. The molecule has 0 atom stereocenters. The van der Waals surface area contributed by atoms with Crippen LogP contribution in [0, 0.1) is 23.0 Å². The molecule has 0 bridgehead atoms. The van der Waals surface area contributed by atoms with Crippen molar-refractivity contribution in [3.05, 3.63) is 105 Å². The molecule has 8 heteroatoms. The third kappa shape index (κ3) is 3.81. The number of benzene rings is 3. The normalized spacial score (nSPS) is 10.8. The first-order valence-corrected chi connectivity index (χ1v) is 9.46. The summed E-state index contributed by atoms with van der Waals surface area (Å²) in [7, 11) is 0. The molecule has 152 valence electrons. The Morgan fingerprint density at radius 1 is 1.06 bits per heavy atom. The summed E-state index contributed by atoms with van der Waals surface area (Å²) in [6.07, 6.45) is -0.411. The predicted molar refractivity (Wildman–Crippen MR) is 111 cm³/mol. The van der Waals surface area contributed by atoms with E-state index < -0.39 is 29.4 Å². The quantitative estimate of drug-likeness (QED) is 0.438. The molecule has 31 heavy (non-hydrogen) atoms. The van der Waals surface area contributed by atoms with E-state index in [-0.39, 0.29) is 38.6 Å². The zero-order valence-corrected chi connectivity index (χ0v) is 16.5. The number of fused-ring (bicyclic) bond motifs is 1. The van der Waals surface area contributed by atoms with E-state index in [0.29, 0.717) is 0 Å². The van der Waals surface area contributed by atoms with Gasteiger partial charge in [-0.2, -0.15) is 5.26 Å². The van der Waals surface area contributed by atoms with Gasteiger partial charge in [0, 0.05) is 5.56 Å². The van der Waals surface area contributed by atoms with Crippen LogP contribution in [0.25, 0.3) is 16.6 Å². The maximum Gasteiger partial charge on any atom is 0.266 e. The number of rotatable bonds is 4. The standard InChI is InChI=1S/C23H12ClF2N3O2/c24-18-3-1-2-4-20(18)29-22(28-19-8-7-15(26)10-17(19)23(29)31)11-21(30)16-9-14(25)6-5-13(16)12-27/h1-10H,11H2. The first-order valence-electron chi connectivity index (χ1n) is 9.08. The lowest BCUT2D eigenvalue weighted by atomic mass is 10.0. The van der Waals surface area contributed by atoms with Gasteiger partial charge in [-0.05, 0) is 48.5 Å². The van der Waals surface area contributed by atoms with Crippen molar-refractivity contribution in [2.75, 3.05) is 0 Å². The van der Waals surface area contributed by atoms with E-state index in [1.54, 1.807) is 24.3 Å². The minimum Gasteiger partial charge on any atom is -0.294 e. The van der Waals surface area contributed by atoms with Gasteiger partial charge in [0.1, 0.15) is 17.5 Å². The van der Waals surface area contributed by atoms with Crippen molar-refractivity contribution in [1.29, 1.82) is 5.26 Å². The highest BCUT2D eigenvalue weighted by Crippen LogP contribution is 2.22. The Kier molecular flexibility index (Phi) is 5.32. The van der Waals surface area contributed by atoms with Gasteiger partial charge in [-0.1, -0.05) is 23.7 Å². The van der Waals surface area contributed by atoms with Crippen LogP contribution in [0.3, 0.4) is 0 Å². The predicted octanol–water partition coefficient (Wildman–Crippen LogP) is 4.61. The van der Waals surface area contributed by atoms with Crippen LogP contribution < -0.4 is 5.56 Å². The van der Waals surface area contributed by atoms with E-state index in [9.17, 15) is 23.6 Å². The molecule has 1 aromatic heterocycles. The molecule has 0 aliphatic rings. The average Bonchev–Trinajstić information content (AvgIpc) is 2.75. The highest BCUT2D eigenvalue weighted by molar-refractivity contribution is 6.32. The lowest BCUT2D eigenvalue weighted by Gasteiger charge is -2.15. The van der Waals surface area contributed by atoms with Crippen LogP contribution in [0.1, 0.15) is 21.7 Å². The summed E-state index contributed by atoms with van der Waals surface area (Å²) in [4.78, 5) is 30.6. The van der Waals surface area contributed by atoms with Gasteiger partial charge in [-0.15, -0.1) is 0 Å². The molecule has 4 rings (SSSR count). The monoisotopic (exact) mass is 435 g/mol. The number of carbonyl (C=O) groups is 1. The van der Waals surface area contributed by atoms with Crippen LogP contribution in [-0.2, 0) is 6.42 Å². The topological polar surface area (TPSA) is 75.8 Å². The maximum atomic E-state index is 13.8. The first-order chi connectivity index (χ1) is 14.9. The molecule has 0 aliphatic heterocycles. The van der Waals surface area contributed by atoms with E-state index >= 15 is 0 Å². The molecule has 0 N–H and O–H groups in total. The minimum absolute atomic E-state index is 0.000834. The Balaban J connectivity index is 1.95. The molecule has 0 saturated heterocycles. The van der Waals surface area contributed by atoms with Crippen molar-refractivity contribution >= 4 is 28.3 Å². The highest BCUT2D eigenvalue weighted by Gasteiger charge is 2.20. The lowest BCUT2D eigenvalue weighted by molar-refractivity contribution is 0.0989. The third-order valence-electron chi connectivity index (χ3n) is 4.71. The van der Waals surface area contributed by atoms with Crippen LogP contribution in [0.2, 0.25) is 5.02 Å². The van der Waals surface area contributed by atoms with E-state index in [1.165, 1.54) is 12.1 Å². The molecule has 0 spiro atoms. The number of carbonyl (C=O) groups excluding carboxylic acids is 1. The Morgan fingerprint density at radius 3 is 2.52 bits per heavy atom. The van der Waals surface area contributed by atoms with Gasteiger partial charge in [0.05, 0.1) is 39.7 Å². The van der Waals surface area contributed by atoms with Crippen LogP contribution in [0.5, 0.6) is 0 Å². The largest absolute Gasteiger partial charge is 0.294 e. The molecule has 0 aliphatic carbocycles. The van der Waals surface area contributed by atoms with Crippen molar-refractivity contribution in [2.45, 2.75) is 6.42 Å². The Hall–Kier alpha value is -3.89. The summed E-state index contributed by atoms with van der Waals surface area (Å²) < 4.78 is 28.6. The number of hydrogen-bond donors (Lipinski definition) is 0. The maximum absolute atomic E-state index is 13.8. The molecular formula is C23H12ClF2N3O2. The number of nitrogens with zero attached hydrogens (tertiary/aromatic N) is 3. The zero-order valence-electron chi connectivity index (χ0n) is 15.8.